The van der Waals surface area contributed by atoms with Crippen LogP contribution >= 0.6 is 0 Å². The molecule has 1 aromatic rings. The smallest absolute Gasteiger partial charge is 0.314 e. The molecule has 1 fully saturated rings. The van der Waals surface area contributed by atoms with Gasteiger partial charge >= 0.3 is 5.97 Å². The minimum absolute atomic E-state index is 0.0983. The first kappa shape index (κ1) is 19.3. The van der Waals surface area contributed by atoms with Crippen LogP contribution in [0.3, 0.4) is 0 Å². The van der Waals surface area contributed by atoms with Gasteiger partial charge in [0.2, 0.25) is 0 Å². The van der Waals surface area contributed by atoms with E-state index in [4.69, 9.17) is 9.47 Å². The first-order valence-corrected chi connectivity index (χ1v) is 9.48. The van der Waals surface area contributed by atoms with Crippen LogP contribution in [-0.4, -0.2) is 12.6 Å². The Kier molecular flexibility index (Phi) is 7.31. The number of nitrogens with zero attached hydrogens (tertiary/aromatic N) is 1. The van der Waals surface area contributed by atoms with Gasteiger partial charge in [-0.15, -0.1) is 0 Å². The normalized spacial score (nSPS) is 22.8. The predicted octanol–water partition coefficient (Wildman–Crippen LogP) is 5.27. The highest BCUT2D eigenvalue weighted by molar-refractivity contribution is 5.75. The molecule has 1 aromatic carbocycles. The van der Waals surface area contributed by atoms with E-state index in [9.17, 15) is 10.1 Å². The van der Waals surface area contributed by atoms with Crippen LogP contribution in [0.2, 0.25) is 0 Å². The Morgan fingerprint density at radius 2 is 1.80 bits per heavy atom. The molecule has 0 unspecified atom stereocenters. The number of benzene rings is 1. The van der Waals surface area contributed by atoms with Crippen LogP contribution in [-0.2, 0) is 4.79 Å². The number of nitriles is 1. The predicted molar refractivity (Wildman–Crippen MR) is 97.4 cm³/mol. The summed E-state index contributed by atoms with van der Waals surface area (Å²) in [4.78, 5) is 12.4. The summed E-state index contributed by atoms with van der Waals surface area (Å²) in [5, 5.41) is 9.46. The second-order valence-electron chi connectivity index (χ2n) is 7.01. The monoisotopic (exact) mass is 343 g/mol. The summed E-state index contributed by atoms with van der Waals surface area (Å²) in [5.74, 6) is 1.07. The number of rotatable bonds is 8. The fraction of sp³-hybridized carbons (Fsp3) is 0.619. The average molecular weight is 343 g/mol. The molecule has 1 aliphatic carbocycles. The maximum Gasteiger partial charge on any atom is 0.314 e. The van der Waals surface area contributed by atoms with E-state index in [0.29, 0.717) is 12.4 Å². The van der Waals surface area contributed by atoms with E-state index in [1.807, 2.05) is 12.1 Å². The molecule has 0 saturated heterocycles. The van der Waals surface area contributed by atoms with Gasteiger partial charge in [-0.2, -0.15) is 5.26 Å². The van der Waals surface area contributed by atoms with E-state index in [-0.39, 0.29) is 17.3 Å². The van der Waals surface area contributed by atoms with Gasteiger partial charge in [0, 0.05) is 0 Å². The number of hydrogen-bond acceptors (Lipinski definition) is 4. The summed E-state index contributed by atoms with van der Waals surface area (Å²) in [5.41, 5.74) is -0.233. The lowest BCUT2D eigenvalue weighted by atomic mass is 9.69. The van der Waals surface area contributed by atoms with Crippen molar-refractivity contribution in [3.05, 3.63) is 24.3 Å². The Hall–Kier alpha value is -2.02. The summed E-state index contributed by atoms with van der Waals surface area (Å²) >= 11 is 0. The van der Waals surface area contributed by atoms with Crippen LogP contribution in [0.5, 0.6) is 11.5 Å². The van der Waals surface area contributed by atoms with Gasteiger partial charge in [0.05, 0.1) is 24.0 Å². The van der Waals surface area contributed by atoms with Crippen LogP contribution in [0.1, 0.15) is 65.2 Å². The van der Waals surface area contributed by atoms with Crippen molar-refractivity contribution in [1.29, 1.82) is 5.26 Å². The lowest BCUT2D eigenvalue weighted by Gasteiger charge is -2.33. The highest BCUT2D eigenvalue weighted by Crippen LogP contribution is 2.42. The fourth-order valence-corrected chi connectivity index (χ4v) is 3.44. The molecule has 0 radical (unpaired) electrons. The fourth-order valence-electron chi connectivity index (χ4n) is 3.44. The number of ether oxygens (including phenoxy) is 2. The van der Waals surface area contributed by atoms with Crippen molar-refractivity contribution in [2.24, 2.45) is 11.3 Å². The van der Waals surface area contributed by atoms with Crippen LogP contribution in [0.15, 0.2) is 24.3 Å². The molecule has 2 rings (SSSR count). The molecule has 0 aliphatic heterocycles. The quantitative estimate of drug-likeness (QED) is 0.366. The van der Waals surface area contributed by atoms with Crippen molar-refractivity contribution < 1.29 is 14.3 Å². The standard InChI is InChI=1S/C21H29NO3/c1-3-5-15-24-18-6-8-19(9-7-18)25-20(23)17-10-13-21(16-22,12-4-2)14-11-17/h6-9,17H,3-5,10-15H2,1-2H3/t17-,21-. The third-order valence-electron chi connectivity index (χ3n) is 5.05. The van der Waals surface area contributed by atoms with Gasteiger partial charge in [0.25, 0.3) is 0 Å². The van der Waals surface area contributed by atoms with Gasteiger partial charge in [0.1, 0.15) is 11.5 Å². The molecule has 0 amide bonds. The molecule has 0 atom stereocenters. The average Bonchev–Trinajstić information content (AvgIpc) is 2.64. The maximum absolute atomic E-state index is 12.4. The number of unbranched alkanes of at least 4 members (excludes halogenated alkanes) is 1. The number of hydrogen-bond donors (Lipinski definition) is 0. The molecule has 4 heteroatoms. The van der Waals surface area contributed by atoms with E-state index in [2.05, 4.69) is 19.9 Å². The first-order chi connectivity index (χ1) is 12.1. The second-order valence-corrected chi connectivity index (χ2v) is 7.01. The largest absolute Gasteiger partial charge is 0.494 e. The van der Waals surface area contributed by atoms with Crippen molar-refractivity contribution in [3.8, 4) is 17.6 Å². The zero-order chi connectivity index (χ0) is 18.1. The van der Waals surface area contributed by atoms with Crippen molar-refractivity contribution in [2.45, 2.75) is 65.2 Å². The Bertz CT molecular complexity index is 580. The molecule has 0 N–H and O–H groups in total. The Labute approximate surface area is 151 Å². The number of esters is 1. The molecule has 0 heterocycles. The third kappa shape index (κ3) is 5.49. The molecule has 136 valence electrons. The van der Waals surface area contributed by atoms with Gasteiger partial charge in [-0.3, -0.25) is 4.79 Å². The van der Waals surface area contributed by atoms with Gasteiger partial charge in [-0.25, -0.2) is 0 Å². The summed E-state index contributed by atoms with van der Waals surface area (Å²) in [6.45, 7) is 4.94. The first-order valence-electron chi connectivity index (χ1n) is 9.48. The van der Waals surface area contributed by atoms with Gasteiger partial charge < -0.3 is 9.47 Å². The Balaban J connectivity index is 1.83. The molecule has 1 saturated carbocycles. The molecule has 0 aromatic heterocycles. The third-order valence-corrected chi connectivity index (χ3v) is 5.05. The highest BCUT2D eigenvalue weighted by atomic mass is 16.5. The lowest BCUT2D eigenvalue weighted by molar-refractivity contribution is -0.140. The molecule has 0 bridgehead atoms. The molecule has 4 nitrogen and oxygen atoms in total. The maximum atomic E-state index is 12.4. The van der Waals surface area contributed by atoms with Crippen molar-refractivity contribution in [2.75, 3.05) is 6.61 Å². The topological polar surface area (TPSA) is 59.3 Å². The minimum Gasteiger partial charge on any atom is -0.494 e. The Morgan fingerprint density at radius 3 is 2.36 bits per heavy atom. The minimum atomic E-state index is -0.233. The summed E-state index contributed by atoms with van der Waals surface area (Å²) < 4.78 is 11.1. The molecular weight excluding hydrogens is 314 g/mol. The summed E-state index contributed by atoms with van der Waals surface area (Å²) in [6, 6.07) is 9.71. The van der Waals surface area contributed by atoms with Gasteiger partial charge in [-0.05, 0) is 62.8 Å². The van der Waals surface area contributed by atoms with E-state index in [1.165, 1.54) is 0 Å². The van der Waals surface area contributed by atoms with E-state index in [1.54, 1.807) is 12.1 Å². The molecular formula is C21H29NO3. The van der Waals surface area contributed by atoms with E-state index >= 15 is 0 Å². The van der Waals surface area contributed by atoms with E-state index < -0.39 is 0 Å². The SMILES string of the molecule is CCCCOc1ccc(OC(=O)[C@H]2CC[C@@](C#N)(CCC)CC2)cc1. The number of carbonyl (C=O) groups excluding carboxylic acids is 1. The summed E-state index contributed by atoms with van der Waals surface area (Å²) in [7, 11) is 0. The van der Waals surface area contributed by atoms with Crippen LogP contribution in [0, 0.1) is 22.7 Å². The lowest BCUT2D eigenvalue weighted by Crippen LogP contribution is -2.31. The number of carbonyl (C=O) groups is 1. The van der Waals surface area contributed by atoms with Crippen molar-refractivity contribution >= 4 is 5.97 Å². The zero-order valence-corrected chi connectivity index (χ0v) is 15.4. The van der Waals surface area contributed by atoms with Crippen LogP contribution < -0.4 is 9.47 Å². The van der Waals surface area contributed by atoms with E-state index in [0.717, 1.165) is 57.1 Å². The molecule has 0 spiro atoms. The Morgan fingerprint density at radius 1 is 1.16 bits per heavy atom. The summed E-state index contributed by atoms with van der Waals surface area (Å²) in [6.07, 6.45) is 7.13. The zero-order valence-electron chi connectivity index (χ0n) is 15.4. The van der Waals surface area contributed by atoms with Crippen molar-refractivity contribution in [1.82, 2.24) is 0 Å². The van der Waals surface area contributed by atoms with Crippen LogP contribution in [0.4, 0.5) is 0 Å². The molecule has 1 aliphatic rings. The van der Waals surface area contributed by atoms with Gasteiger partial charge in [0.15, 0.2) is 0 Å². The van der Waals surface area contributed by atoms with Crippen molar-refractivity contribution in [3.63, 3.8) is 0 Å². The molecule has 25 heavy (non-hydrogen) atoms. The highest BCUT2D eigenvalue weighted by Gasteiger charge is 2.37. The van der Waals surface area contributed by atoms with Gasteiger partial charge in [-0.1, -0.05) is 26.7 Å². The van der Waals surface area contributed by atoms with Crippen LogP contribution in [0.25, 0.3) is 0 Å². The second kappa shape index (κ2) is 9.46.